The van der Waals surface area contributed by atoms with Crippen LogP contribution in [0.2, 0.25) is 5.02 Å². The maximum atomic E-state index is 12.5. The third-order valence-electron chi connectivity index (χ3n) is 4.08. The van der Waals surface area contributed by atoms with Gasteiger partial charge in [-0.25, -0.2) is 0 Å². The lowest BCUT2D eigenvalue weighted by Gasteiger charge is -2.09. The Morgan fingerprint density at radius 1 is 0.923 bits per heavy atom. The molecule has 0 aromatic heterocycles. The minimum atomic E-state index is -4.43. The number of carbonyl (C=O) groups is 2. The molecule has 1 fully saturated rings. The van der Waals surface area contributed by atoms with Crippen molar-refractivity contribution in [2.24, 2.45) is 11.8 Å². The van der Waals surface area contributed by atoms with E-state index in [9.17, 15) is 22.8 Å². The van der Waals surface area contributed by atoms with Crippen LogP contribution in [0.15, 0.2) is 48.5 Å². The Morgan fingerprint density at radius 3 is 2.08 bits per heavy atom. The van der Waals surface area contributed by atoms with Gasteiger partial charge < -0.3 is 10.6 Å². The monoisotopic (exact) mass is 382 g/mol. The Morgan fingerprint density at radius 2 is 1.50 bits per heavy atom. The van der Waals surface area contributed by atoms with Crippen molar-refractivity contribution >= 4 is 34.8 Å². The Hall–Kier alpha value is -2.54. The Bertz CT molecular complexity index is 837. The van der Waals surface area contributed by atoms with Crippen LogP contribution in [-0.2, 0) is 15.8 Å². The van der Waals surface area contributed by atoms with Crippen LogP contribution >= 0.6 is 11.6 Å². The van der Waals surface area contributed by atoms with Gasteiger partial charge in [0.2, 0.25) is 11.8 Å². The van der Waals surface area contributed by atoms with Crippen LogP contribution in [0.1, 0.15) is 12.0 Å². The average Bonchev–Trinajstić information content (AvgIpc) is 3.37. The summed E-state index contributed by atoms with van der Waals surface area (Å²) in [5, 5.41) is 5.59. The molecule has 2 aromatic rings. The molecular weight excluding hydrogens is 369 g/mol. The standard InChI is InChI=1S/C18H14ClF3N2O2/c19-14-3-1-2-4-15(14)24-17(26)13-9-12(13)16(25)23-11-7-5-10(6-8-11)18(20,21)22/h1-8,12-13H,9H2,(H,23,25)(H,24,26). The van der Waals surface area contributed by atoms with Crippen molar-refractivity contribution in [3.8, 4) is 0 Å². The second kappa shape index (κ2) is 6.99. The zero-order chi connectivity index (χ0) is 18.9. The fraction of sp³-hybridized carbons (Fsp3) is 0.222. The largest absolute Gasteiger partial charge is 0.416 e. The lowest BCUT2D eigenvalue weighted by molar-refractivity contribution is -0.137. The zero-order valence-electron chi connectivity index (χ0n) is 13.3. The molecule has 0 aliphatic heterocycles. The van der Waals surface area contributed by atoms with Crippen molar-refractivity contribution in [3.63, 3.8) is 0 Å². The number of carbonyl (C=O) groups excluding carboxylic acids is 2. The lowest BCUT2D eigenvalue weighted by Crippen LogP contribution is -2.20. The molecule has 1 saturated carbocycles. The quantitative estimate of drug-likeness (QED) is 0.813. The molecule has 0 saturated heterocycles. The number of para-hydroxylation sites is 1. The molecule has 4 nitrogen and oxygen atoms in total. The molecule has 2 atom stereocenters. The number of hydrogen-bond donors (Lipinski definition) is 2. The van der Waals surface area contributed by atoms with Crippen molar-refractivity contribution in [2.75, 3.05) is 10.6 Å². The van der Waals surface area contributed by atoms with Crippen molar-refractivity contribution in [1.82, 2.24) is 0 Å². The summed E-state index contributed by atoms with van der Waals surface area (Å²) in [5.41, 5.74) is -0.0768. The number of hydrogen-bond acceptors (Lipinski definition) is 2. The van der Waals surface area contributed by atoms with E-state index in [0.717, 1.165) is 12.1 Å². The highest BCUT2D eigenvalue weighted by Gasteiger charge is 2.48. The Kier molecular flexibility index (Phi) is 4.91. The molecule has 26 heavy (non-hydrogen) atoms. The highest BCUT2D eigenvalue weighted by molar-refractivity contribution is 6.33. The maximum Gasteiger partial charge on any atom is 0.416 e. The molecule has 0 bridgehead atoms. The molecular formula is C18H14ClF3N2O2. The number of nitrogens with one attached hydrogen (secondary N) is 2. The fourth-order valence-electron chi connectivity index (χ4n) is 2.54. The predicted octanol–water partition coefficient (Wildman–Crippen LogP) is 4.57. The predicted molar refractivity (Wildman–Crippen MR) is 91.8 cm³/mol. The molecule has 8 heteroatoms. The maximum absolute atomic E-state index is 12.5. The van der Waals surface area contributed by atoms with Crippen LogP contribution in [0.5, 0.6) is 0 Å². The number of alkyl halides is 3. The number of rotatable bonds is 4. The van der Waals surface area contributed by atoms with E-state index in [2.05, 4.69) is 10.6 Å². The first kappa shape index (κ1) is 18.3. The van der Waals surface area contributed by atoms with Crippen LogP contribution in [0, 0.1) is 11.8 Å². The van der Waals surface area contributed by atoms with E-state index in [1.807, 2.05) is 0 Å². The van der Waals surface area contributed by atoms with E-state index >= 15 is 0 Å². The van der Waals surface area contributed by atoms with Gasteiger partial charge in [0, 0.05) is 5.69 Å². The minimum Gasteiger partial charge on any atom is -0.326 e. The molecule has 2 unspecified atom stereocenters. The zero-order valence-corrected chi connectivity index (χ0v) is 14.1. The van der Waals surface area contributed by atoms with Gasteiger partial charge in [-0.3, -0.25) is 9.59 Å². The summed E-state index contributed by atoms with van der Waals surface area (Å²) in [4.78, 5) is 24.3. The van der Waals surface area contributed by atoms with Crippen LogP contribution in [-0.4, -0.2) is 11.8 Å². The van der Waals surface area contributed by atoms with Gasteiger partial charge in [0.05, 0.1) is 28.1 Å². The Balaban J connectivity index is 1.56. The Labute approximate surface area is 152 Å². The highest BCUT2D eigenvalue weighted by Crippen LogP contribution is 2.40. The molecule has 1 aliphatic carbocycles. The SMILES string of the molecule is O=C(Nc1ccc(C(F)(F)F)cc1)C1CC1C(=O)Nc1ccccc1Cl. The molecule has 0 spiro atoms. The number of anilines is 2. The van der Waals surface area contributed by atoms with Crippen molar-refractivity contribution in [2.45, 2.75) is 12.6 Å². The summed E-state index contributed by atoms with van der Waals surface area (Å²) >= 11 is 5.97. The summed E-state index contributed by atoms with van der Waals surface area (Å²) in [5.74, 6) is -1.71. The van der Waals surface area contributed by atoms with Gasteiger partial charge in [-0.15, -0.1) is 0 Å². The van der Waals surface area contributed by atoms with Gasteiger partial charge in [-0.2, -0.15) is 13.2 Å². The minimum absolute atomic E-state index is 0.250. The van der Waals surface area contributed by atoms with Crippen LogP contribution in [0.3, 0.4) is 0 Å². The number of benzene rings is 2. The summed E-state index contributed by atoms with van der Waals surface area (Å²) in [7, 11) is 0. The first-order valence-electron chi connectivity index (χ1n) is 7.79. The first-order chi connectivity index (χ1) is 12.3. The van der Waals surface area contributed by atoms with Crippen molar-refractivity contribution < 1.29 is 22.8 Å². The van der Waals surface area contributed by atoms with E-state index in [-0.39, 0.29) is 11.6 Å². The van der Waals surface area contributed by atoms with E-state index in [4.69, 9.17) is 11.6 Å². The van der Waals surface area contributed by atoms with Crippen LogP contribution in [0.4, 0.5) is 24.5 Å². The fourth-order valence-corrected chi connectivity index (χ4v) is 2.72. The molecule has 1 aliphatic rings. The molecule has 2 amide bonds. The van der Waals surface area contributed by atoms with Gasteiger partial charge in [0.1, 0.15) is 0 Å². The topological polar surface area (TPSA) is 58.2 Å². The van der Waals surface area contributed by atoms with Crippen molar-refractivity contribution in [1.29, 1.82) is 0 Å². The first-order valence-corrected chi connectivity index (χ1v) is 8.17. The third-order valence-corrected chi connectivity index (χ3v) is 4.41. The normalized spacial score (nSPS) is 18.9. The van der Waals surface area contributed by atoms with Gasteiger partial charge in [-0.05, 0) is 42.8 Å². The summed E-state index contributed by atoms with van der Waals surface area (Å²) < 4.78 is 37.6. The molecule has 0 heterocycles. The third kappa shape index (κ3) is 4.16. The van der Waals surface area contributed by atoms with Crippen LogP contribution < -0.4 is 10.6 Å². The van der Waals surface area contributed by atoms with Crippen molar-refractivity contribution in [3.05, 3.63) is 59.1 Å². The second-order valence-corrected chi connectivity index (χ2v) is 6.39. The van der Waals surface area contributed by atoms with E-state index in [1.165, 1.54) is 12.1 Å². The van der Waals surface area contributed by atoms with Gasteiger partial charge in [0.25, 0.3) is 0 Å². The lowest BCUT2D eigenvalue weighted by atomic mass is 10.2. The molecule has 3 rings (SSSR count). The highest BCUT2D eigenvalue weighted by atomic mass is 35.5. The van der Waals surface area contributed by atoms with Gasteiger partial charge in [-0.1, -0.05) is 23.7 Å². The second-order valence-electron chi connectivity index (χ2n) is 5.98. The van der Waals surface area contributed by atoms with Gasteiger partial charge >= 0.3 is 6.18 Å². The molecule has 2 N–H and O–H groups in total. The summed E-state index contributed by atoms with van der Waals surface area (Å²) in [6.07, 6.45) is -4.05. The average molecular weight is 383 g/mol. The van der Waals surface area contributed by atoms with Crippen LogP contribution in [0.25, 0.3) is 0 Å². The van der Waals surface area contributed by atoms with Gasteiger partial charge in [0.15, 0.2) is 0 Å². The number of halogens is 4. The molecule has 136 valence electrons. The molecule has 0 radical (unpaired) electrons. The summed E-state index contributed by atoms with van der Waals surface area (Å²) in [6, 6.07) is 10.9. The molecule has 2 aromatic carbocycles. The summed E-state index contributed by atoms with van der Waals surface area (Å²) in [6.45, 7) is 0. The van der Waals surface area contributed by atoms with E-state index < -0.39 is 29.5 Å². The smallest absolute Gasteiger partial charge is 0.326 e. The number of amides is 2. The van der Waals surface area contributed by atoms with E-state index in [0.29, 0.717) is 17.1 Å². The van der Waals surface area contributed by atoms with E-state index in [1.54, 1.807) is 24.3 Å².